The molecule has 2 unspecified atom stereocenters. The molecule has 0 aromatic heterocycles. The average Bonchev–Trinajstić information content (AvgIpc) is 2.77. The van der Waals surface area contributed by atoms with E-state index >= 15 is 0 Å². The highest BCUT2D eigenvalue weighted by Gasteiger charge is 2.20. The van der Waals surface area contributed by atoms with E-state index in [1.165, 1.54) is 0 Å². The van der Waals surface area contributed by atoms with Gasteiger partial charge in [0, 0.05) is 18.0 Å². The summed E-state index contributed by atoms with van der Waals surface area (Å²) >= 11 is 0. The first-order valence-corrected chi connectivity index (χ1v) is 7.14. The molecule has 1 aliphatic rings. The van der Waals surface area contributed by atoms with Gasteiger partial charge in [0.25, 0.3) is 0 Å². The van der Waals surface area contributed by atoms with Crippen LogP contribution in [0.3, 0.4) is 0 Å². The van der Waals surface area contributed by atoms with Gasteiger partial charge in [-0.1, -0.05) is 0 Å². The average molecular weight is 275 g/mol. The van der Waals surface area contributed by atoms with E-state index in [1.54, 1.807) is 0 Å². The van der Waals surface area contributed by atoms with Crippen LogP contribution in [0.5, 0.6) is 0 Å². The fraction of sp³-hybridized carbons (Fsp3) is 0.500. The highest BCUT2D eigenvalue weighted by atomic mass is 32.2. The zero-order valence-corrected chi connectivity index (χ0v) is 10.6. The molecule has 100 valence electrons. The van der Waals surface area contributed by atoms with Crippen LogP contribution >= 0.6 is 0 Å². The number of nitrogen functional groups attached to an aromatic ring is 1. The van der Waals surface area contributed by atoms with Crippen molar-refractivity contribution in [2.75, 3.05) is 18.1 Å². The Morgan fingerprint density at radius 1 is 1.39 bits per heavy atom. The van der Waals surface area contributed by atoms with E-state index in [9.17, 15) is 13.0 Å². The summed E-state index contributed by atoms with van der Waals surface area (Å²) in [7, 11) is -1.70. The van der Waals surface area contributed by atoms with E-state index in [1.807, 2.05) is 0 Å². The number of hydrogen-bond donors (Lipinski definition) is 1. The fourth-order valence-electron chi connectivity index (χ4n) is 2.01. The molecule has 1 aromatic carbocycles. The largest absolute Gasteiger partial charge is 0.399 e. The maximum absolute atomic E-state index is 13.5. The second-order valence-corrected chi connectivity index (χ2v) is 5.79. The summed E-state index contributed by atoms with van der Waals surface area (Å²) in [6.07, 6.45) is 2.52. The summed E-state index contributed by atoms with van der Waals surface area (Å²) < 4.78 is 44.3. The smallest absolute Gasteiger partial charge is 0.144 e. The normalized spacial score (nSPS) is 21.1. The molecule has 1 saturated heterocycles. The van der Waals surface area contributed by atoms with Gasteiger partial charge in [0.1, 0.15) is 16.5 Å². The number of anilines is 1. The molecule has 2 atom stereocenters. The molecule has 1 heterocycles. The van der Waals surface area contributed by atoms with Crippen LogP contribution in [-0.4, -0.2) is 22.7 Å². The molecule has 3 nitrogen and oxygen atoms in total. The fourth-order valence-corrected chi connectivity index (χ4v) is 3.24. The highest BCUT2D eigenvalue weighted by Crippen LogP contribution is 2.22. The van der Waals surface area contributed by atoms with Gasteiger partial charge >= 0.3 is 0 Å². The lowest BCUT2D eigenvalue weighted by Crippen LogP contribution is -2.12. The summed E-state index contributed by atoms with van der Waals surface area (Å²) in [4.78, 5) is -0.387. The molecule has 2 rings (SSSR count). The zero-order chi connectivity index (χ0) is 13.1. The quantitative estimate of drug-likeness (QED) is 0.857. The summed E-state index contributed by atoms with van der Waals surface area (Å²) in [6.45, 7) is 0.710. The Kier molecular flexibility index (Phi) is 4.29. The minimum absolute atomic E-state index is 0.00937. The molecule has 0 aliphatic carbocycles. The van der Waals surface area contributed by atoms with Gasteiger partial charge < -0.3 is 10.5 Å². The molecule has 1 aliphatic heterocycles. The Balaban J connectivity index is 2.04. The van der Waals surface area contributed by atoms with Crippen molar-refractivity contribution in [1.29, 1.82) is 0 Å². The second-order valence-electron chi connectivity index (χ2n) is 4.29. The lowest BCUT2D eigenvalue weighted by molar-refractivity contribution is 0.109. The number of hydrogen-bond acceptors (Lipinski definition) is 3. The van der Waals surface area contributed by atoms with E-state index in [-0.39, 0.29) is 22.4 Å². The summed E-state index contributed by atoms with van der Waals surface area (Å²) in [6, 6.07) is 1.98. The number of ether oxygens (including phenoxy) is 1. The molecular weight excluding hydrogens is 260 g/mol. The van der Waals surface area contributed by atoms with Crippen molar-refractivity contribution >= 4 is 16.5 Å². The lowest BCUT2D eigenvalue weighted by atomic mass is 10.2. The van der Waals surface area contributed by atoms with Gasteiger partial charge in [-0.3, -0.25) is 4.21 Å². The third kappa shape index (κ3) is 3.05. The first-order chi connectivity index (χ1) is 8.58. The Hall–Kier alpha value is -1.01. The topological polar surface area (TPSA) is 52.3 Å². The summed E-state index contributed by atoms with van der Waals surface area (Å²) in [5.41, 5.74) is 5.29. The van der Waals surface area contributed by atoms with Crippen molar-refractivity contribution in [3.05, 3.63) is 23.8 Å². The summed E-state index contributed by atoms with van der Waals surface area (Å²) in [5, 5.41) is 0. The highest BCUT2D eigenvalue weighted by molar-refractivity contribution is 7.85. The Morgan fingerprint density at radius 2 is 2.06 bits per heavy atom. The van der Waals surface area contributed by atoms with Crippen LogP contribution < -0.4 is 5.73 Å². The molecule has 0 radical (unpaired) electrons. The molecule has 0 bridgehead atoms. The van der Waals surface area contributed by atoms with Crippen LogP contribution in [0.15, 0.2) is 17.0 Å². The van der Waals surface area contributed by atoms with Crippen molar-refractivity contribution in [3.8, 4) is 0 Å². The first-order valence-electron chi connectivity index (χ1n) is 5.82. The minimum atomic E-state index is -1.70. The van der Waals surface area contributed by atoms with E-state index < -0.39 is 22.4 Å². The molecule has 2 N–H and O–H groups in total. The van der Waals surface area contributed by atoms with Gasteiger partial charge in [0.15, 0.2) is 0 Å². The Bertz CT molecular complexity index is 438. The van der Waals surface area contributed by atoms with Crippen LogP contribution in [0.4, 0.5) is 14.5 Å². The van der Waals surface area contributed by atoms with Crippen molar-refractivity contribution in [2.45, 2.75) is 30.3 Å². The number of halogens is 2. The van der Waals surface area contributed by atoms with Gasteiger partial charge in [-0.15, -0.1) is 0 Å². The van der Waals surface area contributed by atoms with E-state index in [0.29, 0.717) is 13.0 Å². The van der Waals surface area contributed by atoms with Crippen LogP contribution in [0.2, 0.25) is 0 Å². The third-order valence-corrected chi connectivity index (χ3v) is 4.35. The number of rotatable bonds is 4. The Labute approximate surface area is 107 Å². The minimum Gasteiger partial charge on any atom is -0.399 e. The van der Waals surface area contributed by atoms with Crippen LogP contribution in [0.25, 0.3) is 0 Å². The summed E-state index contributed by atoms with van der Waals surface area (Å²) in [5.74, 6) is -1.50. The molecule has 0 saturated carbocycles. The second kappa shape index (κ2) is 5.75. The van der Waals surface area contributed by atoms with Crippen LogP contribution in [0.1, 0.15) is 19.3 Å². The maximum atomic E-state index is 13.5. The van der Waals surface area contributed by atoms with Crippen LogP contribution in [-0.2, 0) is 15.5 Å². The van der Waals surface area contributed by atoms with Crippen molar-refractivity contribution in [3.63, 3.8) is 0 Å². The molecular formula is C12H15F2NO2S. The van der Waals surface area contributed by atoms with E-state index in [2.05, 4.69) is 0 Å². The van der Waals surface area contributed by atoms with Gasteiger partial charge in [-0.25, -0.2) is 8.78 Å². The van der Waals surface area contributed by atoms with Gasteiger partial charge in [0.2, 0.25) is 0 Å². The van der Waals surface area contributed by atoms with Gasteiger partial charge in [0.05, 0.1) is 16.9 Å². The number of benzene rings is 1. The van der Waals surface area contributed by atoms with E-state index in [0.717, 1.165) is 25.0 Å². The van der Waals surface area contributed by atoms with Gasteiger partial charge in [-0.2, -0.15) is 0 Å². The monoisotopic (exact) mass is 275 g/mol. The molecule has 0 amide bonds. The standard InChI is InChI=1S/C12H15F2NO2S/c13-10-6-8(15)7-11(14)12(10)18(16)5-3-9-2-1-4-17-9/h6-7,9H,1-5,15H2. The van der Waals surface area contributed by atoms with Crippen molar-refractivity contribution in [2.24, 2.45) is 0 Å². The molecule has 1 fully saturated rings. The molecule has 6 heteroatoms. The predicted octanol–water partition coefficient (Wildman–Crippen LogP) is 2.22. The van der Waals surface area contributed by atoms with Crippen LogP contribution in [0, 0.1) is 11.6 Å². The van der Waals surface area contributed by atoms with Crippen molar-refractivity contribution < 1.29 is 17.7 Å². The Morgan fingerprint density at radius 3 is 2.61 bits per heavy atom. The van der Waals surface area contributed by atoms with Gasteiger partial charge in [-0.05, 0) is 31.4 Å². The molecule has 18 heavy (non-hydrogen) atoms. The first kappa shape index (κ1) is 13.4. The van der Waals surface area contributed by atoms with Crippen molar-refractivity contribution in [1.82, 2.24) is 0 Å². The third-order valence-electron chi connectivity index (χ3n) is 2.90. The maximum Gasteiger partial charge on any atom is 0.144 e. The molecule has 0 spiro atoms. The molecule has 1 aromatic rings. The lowest BCUT2D eigenvalue weighted by Gasteiger charge is -2.10. The van der Waals surface area contributed by atoms with E-state index in [4.69, 9.17) is 10.5 Å². The SMILES string of the molecule is Nc1cc(F)c(S(=O)CCC2CCCO2)c(F)c1. The zero-order valence-electron chi connectivity index (χ0n) is 9.83. The number of nitrogens with two attached hydrogens (primary N) is 1. The predicted molar refractivity (Wildman–Crippen MR) is 65.6 cm³/mol.